The fourth-order valence-electron chi connectivity index (χ4n) is 2.16. The van der Waals surface area contributed by atoms with E-state index >= 15 is 0 Å². The van der Waals surface area contributed by atoms with Crippen molar-refractivity contribution in [3.8, 4) is 0 Å². The van der Waals surface area contributed by atoms with E-state index in [2.05, 4.69) is 10.3 Å². The van der Waals surface area contributed by atoms with Gasteiger partial charge in [0.15, 0.2) is 0 Å². The minimum Gasteiger partial charge on any atom is -0.366 e. The average molecular weight is 294 g/mol. The zero-order chi connectivity index (χ0) is 15.5. The third-order valence-electron chi connectivity index (χ3n) is 3.21. The smallest absolute Gasteiger partial charge is 0.248 e. The Morgan fingerprint density at radius 1 is 1.14 bits per heavy atom. The first-order chi connectivity index (χ1) is 10.6. The van der Waals surface area contributed by atoms with Gasteiger partial charge < -0.3 is 15.5 Å². The summed E-state index contributed by atoms with van der Waals surface area (Å²) in [5.74, 6) is -0.669. The molecule has 0 aliphatic carbocycles. The number of rotatable bonds is 4. The second kappa shape index (κ2) is 5.69. The second-order valence-electron chi connectivity index (χ2n) is 4.86. The highest BCUT2D eigenvalue weighted by molar-refractivity contribution is 5.95. The van der Waals surface area contributed by atoms with Gasteiger partial charge >= 0.3 is 0 Å². The van der Waals surface area contributed by atoms with Crippen LogP contribution in [0.5, 0.6) is 0 Å². The number of imidazole rings is 1. The number of carbonyl (C=O) groups excluding carboxylic acids is 2. The number of pyridine rings is 1. The molecule has 0 radical (unpaired) electrons. The molecule has 0 saturated heterocycles. The van der Waals surface area contributed by atoms with E-state index in [1.165, 1.54) is 0 Å². The number of carbonyl (C=O) groups is 2. The van der Waals surface area contributed by atoms with Gasteiger partial charge in [0.1, 0.15) is 5.65 Å². The molecule has 0 spiro atoms. The topological polar surface area (TPSA) is 89.5 Å². The Balaban J connectivity index is 1.68. The number of primary amides is 1. The van der Waals surface area contributed by atoms with Crippen molar-refractivity contribution in [3.05, 3.63) is 66.1 Å². The Labute approximate surface area is 126 Å². The van der Waals surface area contributed by atoms with Crippen molar-refractivity contribution in [1.82, 2.24) is 9.38 Å². The molecule has 3 N–H and O–H groups in total. The highest BCUT2D eigenvalue weighted by Crippen LogP contribution is 2.11. The van der Waals surface area contributed by atoms with Crippen LogP contribution in [0.2, 0.25) is 0 Å². The van der Waals surface area contributed by atoms with Gasteiger partial charge in [-0.05, 0) is 36.4 Å². The minimum atomic E-state index is -0.498. The molecule has 2 aromatic heterocycles. The Morgan fingerprint density at radius 3 is 2.59 bits per heavy atom. The van der Waals surface area contributed by atoms with E-state index in [9.17, 15) is 9.59 Å². The molecule has 110 valence electrons. The van der Waals surface area contributed by atoms with Crippen LogP contribution >= 0.6 is 0 Å². The molecule has 0 aliphatic heterocycles. The molecule has 0 bridgehead atoms. The third kappa shape index (κ3) is 2.95. The lowest BCUT2D eigenvalue weighted by molar-refractivity contribution is -0.115. The maximum atomic E-state index is 12.0. The van der Waals surface area contributed by atoms with Gasteiger partial charge in [-0.25, -0.2) is 4.98 Å². The number of anilines is 1. The fourth-order valence-corrected chi connectivity index (χ4v) is 2.16. The molecule has 0 aliphatic rings. The van der Waals surface area contributed by atoms with E-state index < -0.39 is 5.91 Å². The largest absolute Gasteiger partial charge is 0.366 e. The number of aromatic nitrogens is 2. The summed E-state index contributed by atoms with van der Waals surface area (Å²) in [5, 5.41) is 2.76. The maximum absolute atomic E-state index is 12.0. The van der Waals surface area contributed by atoms with E-state index in [4.69, 9.17) is 5.73 Å². The number of fused-ring (bicyclic) bond motifs is 1. The molecule has 2 heterocycles. The molecule has 1 aromatic carbocycles. The summed E-state index contributed by atoms with van der Waals surface area (Å²) in [6.45, 7) is 0. The fraction of sp³-hybridized carbons (Fsp3) is 0.0625. The summed E-state index contributed by atoms with van der Waals surface area (Å²) in [6.07, 6.45) is 3.89. The van der Waals surface area contributed by atoms with Crippen LogP contribution < -0.4 is 11.1 Å². The van der Waals surface area contributed by atoms with Gasteiger partial charge in [0, 0.05) is 23.6 Å². The van der Waals surface area contributed by atoms with Crippen LogP contribution in [0, 0.1) is 0 Å². The first-order valence-electron chi connectivity index (χ1n) is 6.74. The zero-order valence-corrected chi connectivity index (χ0v) is 11.7. The number of nitrogens with zero attached hydrogens (tertiary/aromatic N) is 2. The second-order valence-corrected chi connectivity index (χ2v) is 4.86. The van der Waals surface area contributed by atoms with Crippen LogP contribution in [0.25, 0.3) is 5.65 Å². The molecule has 0 fully saturated rings. The molecule has 0 atom stereocenters. The predicted octanol–water partition coefficient (Wildman–Crippen LogP) is 1.61. The van der Waals surface area contributed by atoms with Gasteiger partial charge in [-0.1, -0.05) is 6.07 Å². The summed E-state index contributed by atoms with van der Waals surface area (Å²) in [5.41, 5.74) is 7.67. The Morgan fingerprint density at radius 2 is 1.91 bits per heavy atom. The van der Waals surface area contributed by atoms with Crippen LogP contribution in [-0.2, 0) is 11.2 Å². The molecule has 3 rings (SSSR count). The van der Waals surface area contributed by atoms with E-state index in [1.807, 2.05) is 35.0 Å². The highest BCUT2D eigenvalue weighted by atomic mass is 16.2. The molecule has 22 heavy (non-hydrogen) atoms. The van der Waals surface area contributed by atoms with Crippen molar-refractivity contribution in [2.75, 3.05) is 5.32 Å². The monoisotopic (exact) mass is 294 g/mol. The van der Waals surface area contributed by atoms with Crippen molar-refractivity contribution >= 4 is 23.1 Å². The number of nitrogens with one attached hydrogen (secondary N) is 1. The molecule has 6 nitrogen and oxygen atoms in total. The molecular formula is C16H14N4O2. The average Bonchev–Trinajstić information content (AvgIpc) is 2.89. The third-order valence-corrected chi connectivity index (χ3v) is 3.21. The van der Waals surface area contributed by atoms with E-state index in [0.717, 1.165) is 5.65 Å². The molecule has 2 amide bonds. The van der Waals surface area contributed by atoms with Crippen molar-refractivity contribution in [2.24, 2.45) is 5.73 Å². The molecule has 0 unspecified atom stereocenters. The Bertz CT molecular complexity index is 804. The first-order valence-corrected chi connectivity index (χ1v) is 6.74. The molecule has 6 heteroatoms. The quantitative estimate of drug-likeness (QED) is 0.766. The summed E-state index contributed by atoms with van der Waals surface area (Å²) in [4.78, 5) is 27.4. The van der Waals surface area contributed by atoms with Crippen molar-refractivity contribution in [3.63, 3.8) is 0 Å². The van der Waals surface area contributed by atoms with Crippen molar-refractivity contribution in [1.29, 1.82) is 0 Å². The number of benzene rings is 1. The van der Waals surface area contributed by atoms with Gasteiger partial charge in [0.2, 0.25) is 11.8 Å². The zero-order valence-electron chi connectivity index (χ0n) is 11.7. The van der Waals surface area contributed by atoms with Crippen molar-refractivity contribution < 1.29 is 9.59 Å². The van der Waals surface area contributed by atoms with Gasteiger partial charge in [0.05, 0.1) is 12.1 Å². The van der Waals surface area contributed by atoms with Crippen LogP contribution in [0.4, 0.5) is 5.69 Å². The minimum absolute atomic E-state index is 0.171. The molecular weight excluding hydrogens is 280 g/mol. The van der Waals surface area contributed by atoms with Crippen LogP contribution in [-0.4, -0.2) is 21.2 Å². The first kappa shape index (κ1) is 13.8. The van der Waals surface area contributed by atoms with Gasteiger partial charge in [-0.2, -0.15) is 0 Å². The lowest BCUT2D eigenvalue weighted by Gasteiger charge is -2.04. The Kier molecular flexibility index (Phi) is 3.57. The highest BCUT2D eigenvalue weighted by Gasteiger charge is 2.08. The predicted molar refractivity (Wildman–Crippen MR) is 82.5 cm³/mol. The summed E-state index contributed by atoms with van der Waals surface area (Å²) < 4.78 is 1.87. The van der Waals surface area contributed by atoms with Crippen molar-refractivity contribution in [2.45, 2.75) is 6.42 Å². The summed E-state index contributed by atoms with van der Waals surface area (Å²) in [7, 11) is 0. The van der Waals surface area contributed by atoms with Gasteiger partial charge in [-0.3, -0.25) is 9.59 Å². The number of hydrogen-bond acceptors (Lipinski definition) is 3. The standard InChI is InChI=1S/C16H14N4O2/c17-16(22)11-4-6-12(7-5-11)19-15(21)9-13-10-20-8-2-1-3-14(20)18-13/h1-8,10H,9H2,(H2,17,22)(H,19,21). The number of hydrogen-bond donors (Lipinski definition) is 2. The van der Waals surface area contributed by atoms with Crippen LogP contribution in [0.15, 0.2) is 54.9 Å². The summed E-state index contributed by atoms with van der Waals surface area (Å²) in [6, 6.07) is 12.1. The number of nitrogens with two attached hydrogens (primary N) is 1. The normalized spacial score (nSPS) is 10.5. The summed E-state index contributed by atoms with van der Waals surface area (Å²) >= 11 is 0. The van der Waals surface area contributed by atoms with Gasteiger partial charge in [-0.15, -0.1) is 0 Å². The molecule has 3 aromatic rings. The van der Waals surface area contributed by atoms with E-state index in [-0.39, 0.29) is 12.3 Å². The van der Waals surface area contributed by atoms with Crippen LogP contribution in [0.1, 0.15) is 16.1 Å². The SMILES string of the molecule is NC(=O)c1ccc(NC(=O)Cc2cn3ccccc3n2)cc1. The van der Waals surface area contributed by atoms with Crippen LogP contribution in [0.3, 0.4) is 0 Å². The molecule has 0 saturated carbocycles. The van der Waals surface area contributed by atoms with E-state index in [0.29, 0.717) is 16.9 Å². The van der Waals surface area contributed by atoms with Gasteiger partial charge in [0.25, 0.3) is 0 Å². The van der Waals surface area contributed by atoms with E-state index in [1.54, 1.807) is 24.3 Å². The maximum Gasteiger partial charge on any atom is 0.248 e. The number of amides is 2. The Hall–Kier alpha value is -3.15. The lowest BCUT2D eigenvalue weighted by Crippen LogP contribution is -2.15. The lowest BCUT2D eigenvalue weighted by atomic mass is 10.2.